The van der Waals surface area contributed by atoms with Gasteiger partial charge in [0.25, 0.3) is 0 Å². The van der Waals surface area contributed by atoms with Crippen LogP contribution in [0.1, 0.15) is 12.5 Å². The van der Waals surface area contributed by atoms with Gasteiger partial charge in [-0.2, -0.15) is 8.75 Å². The van der Waals surface area contributed by atoms with Crippen LogP contribution in [0.4, 0.5) is 4.79 Å². The van der Waals surface area contributed by atoms with Crippen LogP contribution in [0.5, 0.6) is 17.4 Å². The van der Waals surface area contributed by atoms with Crippen LogP contribution in [0, 0.1) is 0 Å². The van der Waals surface area contributed by atoms with E-state index in [0.29, 0.717) is 33.6 Å². The van der Waals surface area contributed by atoms with E-state index in [-0.39, 0.29) is 24.8 Å². The van der Waals surface area contributed by atoms with Crippen molar-refractivity contribution in [2.75, 3.05) is 20.3 Å². The average molecular weight is 574 g/mol. The SMILES string of the molecule is CCOC(=O)Oc1c(-c2ccc(OC)cc2OCC(=O)O)c2oc3ccccc3c2n1Cc1ccc2nsnc2c1. The number of carboxylic acid groups (broad SMARTS) is 1. The molecule has 11 nitrogen and oxygen atoms in total. The van der Waals surface area contributed by atoms with Crippen LogP contribution in [0.3, 0.4) is 0 Å². The Morgan fingerprint density at radius 2 is 1.88 bits per heavy atom. The zero-order valence-corrected chi connectivity index (χ0v) is 22.8. The molecule has 3 aromatic carbocycles. The van der Waals surface area contributed by atoms with Crippen molar-refractivity contribution < 1.29 is 38.1 Å². The molecule has 1 N–H and O–H groups in total. The number of hydrogen-bond acceptors (Lipinski definition) is 10. The first-order valence-electron chi connectivity index (χ1n) is 12.6. The molecule has 0 fully saturated rings. The van der Waals surface area contributed by atoms with Crippen LogP contribution in [0.25, 0.3) is 44.2 Å². The molecule has 6 aromatic rings. The summed E-state index contributed by atoms with van der Waals surface area (Å²) in [5.41, 5.74) is 4.96. The van der Waals surface area contributed by atoms with Gasteiger partial charge in [-0.15, -0.1) is 0 Å². The Morgan fingerprint density at radius 1 is 1.05 bits per heavy atom. The minimum absolute atomic E-state index is 0.108. The number of nitrogens with zero attached hydrogens (tertiary/aromatic N) is 3. The van der Waals surface area contributed by atoms with E-state index in [4.69, 9.17) is 23.4 Å². The third-order valence-corrected chi connectivity index (χ3v) is 6.99. The van der Waals surface area contributed by atoms with Gasteiger partial charge in [-0.25, -0.2) is 9.59 Å². The van der Waals surface area contributed by atoms with Crippen LogP contribution in [0.15, 0.2) is 65.1 Å². The summed E-state index contributed by atoms with van der Waals surface area (Å²) >= 11 is 1.13. The molecule has 0 amide bonds. The van der Waals surface area contributed by atoms with Crippen molar-refractivity contribution in [2.24, 2.45) is 0 Å². The molecule has 0 unspecified atom stereocenters. The maximum atomic E-state index is 12.8. The number of para-hydroxylation sites is 1. The molecule has 0 bridgehead atoms. The summed E-state index contributed by atoms with van der Waals surface area (Å²) in [6, 6.07) is 18.2. The lowest BCUT2D eigenvalue weighted by atomic mass is 10.1. The Morgan fingerprint density at radius 3 is 2.68 bits per heavy atom. The molecule has 208 valence electrons. The number of methoxy groups -OCH3 is 1. The van der Waals surface area contributed by atoms with E-state index in [2.05, 4.69) is 8.75 Å². The fraction of sp³-hybridized carbons (Fsp3) is 0.172. The first-order chi connectivity index (χ1) is 20.0. The number of aliphatic carboxylic acids is 1. The molecule has 0 aliphatic carbocycles. The van der Waals surface area contributed by atoms with E-state index in [9.17, 15) is 14.7 Å². The molecule has 0 spiro atoms. The normalized spacial score (nSPS) is 11.3. The number of carbonyl (C=O) groups is 2. The number of aromatic nitrogens is 3. The van der Waals surface area contributed by atoms with Crippen molar-refractivity contribution in [1.82, 2.24) is 13.3 Å². The molecule has 41 heavy (non-hydrogen) atoms. The van der Waals surface area contributed by atoms with Gasteiger partial charge in [0.05, 0.1) is 43.1 Å². The number of benzene rings is 3. The van der Waals surface area contributed by atoms with Crippen molar-refractivity contribution in [3.8, 4) is 28.5 Å². The van der Waals surface area contributed by atoms with E-state index in [0.717, 1.165) is 33.7 Å². The number of furan rings is 1. The molecule has 6 rings (SSSR count). The van der Waals surface area contributed by atoms with Gasteiger partial charge >= 0.3 is 12.1 Å². The molecule has 0 saturated carbocycles. The minimum Gasteiger partial charge on any atom is -0.497 e. The lowest BCUT2D eigenvalue weighted by Gasteiger charge is -2.15. The van der Waals surface area contributed by atoms with Gasteiger partial charge in [0.2, 0.25) is 5.88 Å². The van der Waals surface area contributed by atoms with Gasteiger partial charge in [-0.1, -0.05) is 18.2 Å². The first kappa shape index (κ1) is 26.1. The first-order valence-corrected chi connectivity index (χ1v) is 13.3. The zero-order valence-electron chi connectivity index (χ0n) is 21.9. The average Bonchev–Trinajstić information content (AvgIpc) is 3.66. The summed E-state index contributed by atoms with van der Waals surface area (Å²) < 4.78 is 38.9. The highest BCUT2D eigenvalue weighted by atomic mass is 32.1. The van der Waals surface area contributed by atoms with Crippen molar-refractivity contribution in [3.63, 3.8) is 0 Å². The number of hydrogen-bond donors (Lipinski definition) is 1. The van der Waals surface area contributed by atoms with Crippen molar-refractivity contribution in [1.29, 1.82) is 0 Å². The molecule has 0 radical (unpaired) electrons. The van der Waals surface area contributed by atoms with E-state index < -0.39 is 18.7 Å². The number of rotatable bonds is 9. The Balaban J connectivity index is 1.64. The van der Waals surface area contributed by atoms with Gasteiger partial charge < -0.3 is 33.0 Å². The Kier molecular flexibility index (Phi) is 6.89. The van der Waals surface area contributed by atoms with E-state index in [1.165, 1.54) is 7.11 Å². The molecule has 0 atom stereocenters. The van der Waals surface area contributed by atoms with Gasteiger partial charge in [0.15, 0.2) is 12.2 Å². The molecule has 0 saturated heterocycles. The second-order valence-corrected chi connectivity index (χ2v) is 9.49. The third-order valence-electron chi connectivity index (χ3n) is 6.44. The molecular formula is C29H23N3O8S. The van der Waals surface area contributed by atoms with Crippen molar-refractivity contribution in [2.45, 2.75) is 13.5 Å². The zero-order chi connectivity index (χ0) is 28.5. The second-order valence-electron chi connectivity index (χ2n) is 8.96. The molecule has 12 heteroatoms. The van der Waals surface area contributed by atoms with Crippen LogP contribution in [-0.2, 0) is 16.1 Å². The van der Waals surface area contributed by atoms with Crippen molar-refractivity contribution >= 4 is 57.0 Å². The lowest BCUT2D eigenvalue weighted by molar-refractivity contribution is -0.139. The lowest BCUT2D eigenvalue weighted by Crippen LogP contribution is -2.14. The fourth-order valence-electron chi connectivity index (χ4n) is 4.73. The topological polar surface area (TPSA) is 135 Å². The standard InChI is InChI=1S/C29H23N3O8S/c1-3-37-29(35)40-28-25(18-10-9-17(36-2)13-23(18)38-15-24(33)34)27-26(19-6-4-5-7-22(19)39-27)32(28)14-16-8-11-20-21(12-16)31-41-30-20/h4-13H,3,14-15H2,1-2H3,(H,33,34). The quantitative estimate of drug-likeness (QED) is 0.202. The van der Waals surface area contributed by atoms with Gasteiger partial charge in [-0.3, -0.25) is 0 Å². The predicted octanol–water partition coefficient (Wildman–Crippen LogP) is 6.11. The Bertz CT molecular complexity index is 1920. The summed E-state index contributed by atoms with van der Waals surface area (Å²) in [4.78, 5) is 24.2. The van der Waals surface area contributed by atoms with Crippen LogP contribution >= 0.6 is 11.7 Å². The highest BCUT2D eigenvalue weighted by Crippen LogP contribution is 2.48. The van der Waals surface area contributed by atoms with Crippen LogP contribution in [-0.4, -0.2) is 50.9 Å². The van der Waals surface area contributed by atoms with Crippen molar-refractivity contribution in [3.05, 3.63) is 66.2 Å². The van der Waals surface area contributed by atoms with Gasteiger partial charge in [-0.05, 0) is 48.9 Å². The summed E-state index contributed by atoms with van der Waals surface area (Å²) in [6.07, 6.45) is -0.903. The summed E-state index contributed by atoms with van der Waals surface area (Å²) in [7, 11) is 1.49. The minimum atomic E-state index is -1.15. The number of ether oxygens (including phenoxy) is 4. The van der Waals surface area contributed by atoms with Crippen LogP contribution < -0.4 is 14.2 Å². The Labute approximate surface area is 236 Å². The smallest absolute Gasteiger partial charge is 0.497 e. The molecule has 3 aromatic heterocycles. The highest BCUT2D eigenvalue weighted by Gasteiger charge is 2.30. The molecular weight excluding hydrogens is 550 g/mol. The molecule has 0 aliphatic heterocycles. The van der Waals surface area contributed by atoms with Gasteiger partial charge in [0, 0.05) is 17.0 Å². The summed E-state index contributed by atoms with van der Waals surface area (Å²) in [5.74, 6) is -0.354. The predicted molar refractivity (Wildman–Crippen MR) is 151 cm³/mol. The van der Waals surface area contributed by atoms with Crippen LogP contribution in [0.2, 0.25) is 0 Å². The maximum Gasteiger partial charge on any atom is 0.515 e. The number of fused-ring (bicyclic) bond motifs is 4. The highest BCUT2D eigenvalue weighted by molar-refractivity contribution is 7.00. The Hall–Kier alpha value is -5.10. The molecule has 3 heterocycles. The summed E-state index contributed by atoms with van der Waals surface area (Å²) in [6.45, 7) is 1.47. The third kappa shape index (κ3) is 4.89. The monoisotopic (exact) mass is 573 g/mol. The number of carboxylic acids is 1. The fourth-order valence-corrected chi connectivity index (χ4v) is 5.24. The number of carbonyl (C=O) groups excluding carboxylic acids is 1. The van der Waals surface area contributed by atoms with E-state index >= 15 is 0 Å². The second kappa shape index (κ2) is 10.8. The van der Waals surface area contributed by atoms with Gasteiger partial charge in [0.1, 0.15) is 28.1 Å². The van der Waals surface area contributed by atoms with E-state index in [1.807, 2.05) is 47.0 Å². The molecule has 0 aliphatic rings. The maximum absolute atomic E-state index is 12.8. The van der Waals surface area contributed by atoms with E-state index in [1.54, 1.807) is 25.1 Å². The summed E-state index contributed by atoms with van der Waals surface area (Å²) in [5, 5.41) is 10.1. The largest absolute Gasteiger partial charge is 0.515 e.